The lowest BCUT2D eigenvalue weighted by Gasteiger charge is -2.35. The lowest BCUT2D eigenvalue weighted by molar-refractivity contribution is -0.384. The van der Waals surface area contributed by atoms with Crippen LogP contribution in [0.25, 0.3) is 10.9 Å². The number of non-ortho nitro benzene ring substituents is 1. The standard InChI is InChI=1S/C30H32N4O4/c1-2-32-13-15-33(16-14-32)30(35)19-26(28-20-31-29-12-11-24(34(36)37)18-27(28)29)23-9-6-10-25(17-23)38-21-22-7-4-3-5-8-22/h3-12,17-18,20,26,31H,2,13-16,19,21H2,1H3. The lowest BCUT2D eigenvalue weighted by Crippen LogP contribution is -2.48. The van der Waals surface area contributed by atoms with Crippen LogP contribution in [0.4, 0.5) is 5.69 Å². The van der Waals surface area contributed by atoms with Gasteiger partial charge >= 0.3 is 0 Å². The number of aromatic amines is 1. The van der Waals surface area contributed by atoms with Gasteiger partial charge in [0.2, 0.25) is 5.91 Å². The van der Waals surface area contributed by atoms with Crippen LogP contribution in [0.15, 0.2) is 79.0 Å². The Kier molecular flexibility index (Phi) is 7.70. The maximum atomic E-state index is 13.5. The number of aromatic nitrogens is 1. The molecule has 196 valence electrons. The van der Waals surface area contributed by atoms with Gasteiger partial charge in [-0.25, -0.2) is 0 Å². The number of nitro benzene ring substituents is 1. The van der Waals surface area contributed by atoms with Gasteiger partial charge in [-0.2, -0.15) is 0 Å². The minimum Gasteiger partial charge on any atom is -0.489 e. The third-order valence-electron chi connectivity index (χ3n) is 7.34. The minimum absolute atomic E-state index is 0.0269. The van der Waals surface area contributed by atoms with Gasteiger partial charge in [-0.1, -0.05) is 49.4 Å². The van der Waals surface area contributed by atoms with Crippen molar-refractivity contribution in [2.24, 2.45) is 0 Å². The molecule has 1 aliphatic rings. The molecular formula is C30H32N4O4. The predicted molar refractivity (Wildman–Crippen MR) is 147 cm³/mol. The Bertz CT molecular complexity index is 1410. The van der Waals surface area contributed by atoms with Crippen molar-refractivity contribution in [3.63, 3.8) is 0 Å². The van der Waals surface area contributed by atoms with Gasteiger partial charge in [0.05, 0.1) is 4.92 Å². The van der Waals surface area contributed by atoms with Crippen LogP contribution in [0.5, 0.6) is 5.75 Å². The number of hydrogen-bond donors (Lipinski definition) is 1. The van der Waals surface area contributed by atoms with Crippen molar-refractivity contribution in [1.29, 1.82) is 0 Å². The van der Waals surface area contributed by atoms with Gasteiger partial charge in [0.15, 0.2) is 0 Å². The van der Waals surface area contributed by atoms with E-state index in [0.29, 0.717) is 25.4 Å². The van der Waals surface area contributed by atoms with Crippen LogP contribution in [-0.2, 0) is 11.4 Å². The van der Waals surface area contributed by atoms with Gasteiger partial charge in [-0.05, 0) is 41.4 Å². The van der Waals surface area contributed by atoms with Crippen LogP contribution in [-0.4, -0.2) is 58.3 Å². The second-order valence-electron chi connectivity index (χ2n) is 9.65. The van der Waals surface area contributed by atoms with Crippen molar-refractivity contribution < 1.29 is 14.5 Å². The average Bonchev–Trinajstić information content (AvgIpc) is 3.38. The molecule has 2 heterocycles. The van der Waals surface area contributed by atoms with Crippen molar-refractivity contribution in [2.75, 3.05) is 32.7 Å². The molecule has 1 atom stereocenters. The van der Waals surface area contributed by atoms with Crippen LogP contribution in [0, 0.1) is 10.1 Å². The molecular weight excluding hydrogens is 480 g/mol. The smallest absolute Gasteiger partial charge is 0.270 e. The lowest BCUT2D eigenvalue weighted by atomic mass is 9.87. The zero-order valence-corrected chi connectivity index (χ0v) is 21.5. The number of nitrogens with zero attached hydrogens (tertiary/aromatic N) is 3. The summed E-state index contributed by atoms with van der Waals surface area (Å²) in [4.78, 5) is 32.2. The van der Waals surface area contributed by atoms with E-state index in [1.54, 1.807) is 12.1 Å². The first-order valence-electron chi connectivity index (χ1n) is 13.0. The fraction of sp³-hybridized carbons (Fsp3) is 0.300. The minimum atomic E-state index is -0.387. The van der Waals surface area contributed by atoms with Crippen LogP contribution in [0.2, 0.25) is 0 Å². The number of fused-ring (bicyclic) bond motifs is 1. The first-order valence-corrected chi connectivity index (χ1v) is 13.0. The Balaban J connectivity index is 1.46. The number of piperazine rings is 1. The molecule has 5 rings (SSSR count). The highest BCUT2D eigenvalue weighted by atomic mass is 16.6. The Hall–Kier alpha value is -4.17. The molecule has 1 aliphatic heterocycles. The molecule has 1 fully saturated rings. The monoisotopic (exact) mass is 512 g/mol. The topological polar surface area (TPSA) is 91.7 Å². The van der Waals surface area contributed by atoms with Gasteiger partial charge in [0.1, 0.15) is 12.4 Å². The molecule has 1 N–H and O–H groups in total. The van der Waals surface area contributed by atoms with Gasteiger partial charge in [0.25, 0.3) is 5.69 Å². The van der Waals surface area contributed by atoms with Gasteiger partial charge in [-0.3, -0.25) is 14.9 Å². The quantitative estimate of drug-likeness (QED) is 0.241. The molecule has 0 spiro atoms. The van der Waals surface area contributed by atoms with Crippen molar-refractivity contribution in [2.45, 2.75) is 25.9 Å². The number of rotatable bonds is 9. The summed E-state index contributed by atoms with van der Waals surface area (Å²) in [6.07, 6.45) is 2.14. The molecule has 1 aromatic heterocycles. The summed E-state index contributed by atoms with van der Waals surface area (Å²) in [7, 11) is 0. The number of likely N-dealkylation sites (N-methyl/N-ethyl adjacent to an activating group) is 1. The summed E-state index contributed by atoms with van der Waals surface area (Å²) in [6, 6.07) is 22.6. The molecule has 8 heteroatoms. The van der Waals surface area contributed by atoms with Crippen LogP contribution in [0.1, 0.15) is 36.0 Å². The number of nitro groups is 1. The number of ether oxygens (including phenoxy) is 1. The second-order valence-corrected chi connectivity index (χ2v) is 9.65. The largest absolute Gasteiger partial charge is 0.489 e. The van der Waals surface area contributed by atoms with Gasteiger partial charge in [0, 0.05) is 67.8 Å². The first kappa shape index (κ1) is 25.5. The number of hydrogen-bond acceptors (Lipinski definition) is 5. The molecule has 1 amide bonds. The van der Waals surface area contributed by atoms with Crippen LogP contribution >= 0.6 is 0 Å². The van der Waals surface area contributed by atoms with E-state index in [1.807, 2.05) is 65.7 Å². The Morgan fingerprint density at radius 3 is 2.55 bits per heavy atom. The number of carbonyl (C=O) groups excluding carboxylic acids is 1. The number of H-pyrrole nitrogens is 1. The highest BCUT2D eigenvalue weighted by Gasteiger charge is 2.27. The van der Waals surface area contributed by atoms with Crippen molar-refractivity contribution in [3.05, 3.63) is 106 Å². The predicted octanol–water partition coefficient (Wildman–Crippen LogP) is 5.34. The SMILES string of the molecule is CCN1CCN(C(=O)CC(c2cccc(OCc3ccccc3)c2)c2c[nH]c3ccc([N+](=O)[O-])cc23)CC1. The summed E-state index contributed by atoms with van der Waals surface area (Å²) in [5, 5.41) is 12.3. The van der Waals surface area contributed by atoms with Crippen molar-refractivity contribution >= 4 is 22.5 Å². The van der Waals surface area contributed by atoms with Crippen molar-refractivity contribution in [3.8, 4) is 5.75 Å². The van der Waals surface area contributed by atoms with E-state index >= 15 is 0 Å². The maximum Gasteiger partial charge on any atom is 0.270 e. The fourth-order valence-corrected chi connectivity index (χ4v) is 5.12. The molecule has 3 aromatic carbocycles. The van der Waals surface area contributed by atoms with E-state index < -0.39 is 0 Å². The Morgan fingerprint density at radius 1 is 1.03 bits per heavy atom. The number of amides is 1. The van der Waals surface area contributed by atoms with E-state index in [9.17, 15) is 14.9 Å². The fourth-order valence-electron chi connectivity index (χ4n) is 5.12. The van der Waals surface area contributed by atoms with Gasteiger partial charge < -0.3 is 19.5 Å². The van der Waals surface area contributed by atoms with E-state index in [0.717, 1.165) is 47.2 Å². The van der Waals surface area contributed by atoms with E-state index in [-0.39, 0.29) is 28.9 Å². The number of nitrogens with one attached hydrogen (secondary N) is 1. The van der Waals surface area contributed by atoms with Crippen LogP contribution < -0.4 is 4.74 Å². The van der Waals surface area contributed by atoms with E-state index in [2.05, 4.69) is 16.8 Å². The molecule has 0 radical (unpaired) electrons. The molecule has 4 aromatic rings. The highest BCUT2D eigenvalue weighted by Crippen LogP contribution is 2.36. The van der Waals surface area contributed by atoms with E-state index in [4.69, 9.17) is 4.74 Å². The summed E-state index contributed by atoms with van der Waals surface area (Å²) < 4.78 is 6.09. The first-order chi connectivity index (χ1) is 18.5. The molecule has 1 saturated heterocycles. The van der Waals surface area contributed by atoms with Gasteiger partial charge in [-0.15, -0.1) is 0 Å². The van der Waals surface area contributed by atoms with E-state index in [1.165, 1.54) is 6.07 Å². The molecule has 0 aliphatic carbocycles. The summed E-state index contributed by atoms with van der Waals surface area (Å²) in [6.45, 7) is 6.71. The summed E-state index contributed by atoms with van der Waals surface area (Å²) in [5.41, 5.74) is 3.70. The third-order valence-corrected chi connectivity index (χ3v) is 7.34. The Morgan fingerprint density at radius 2 is 1.82 bits per heavy atom. The second kappa shape index (κ2) is 11.5. The summed E-state index contributed by atoms with van der Waals surface area (Å²) >= 11 is 0. The molecule has 8 nitrogen and oxygen atoms in total. The molecule has 0 bridgehead atoms. The third kappa shape index (κ3) is 5.70. The maximum absolute atomic E-state index is 13.5. The summed E-state index contributed by atoms with van der Waals surface area (Å²) in [5.74, 6) is 0.509. The zero-order chi connectivity index (χ0) is 26.5. The molecule has 38 heavy (non-hydrogen) atoms. The zero-order valence-electron chi connectivity index (χ0n) is 21.5. The van der Waals surface area contributed by atoms with Crippen LogP contribution in [0.3, 0.4) is 0 Å². The normalized spacial score (nSPS) is 14.9. The highest BCUT2D eigenvalue weighted by molar-refractivity contribution is 5.87. The van der Waals surface area contributed by atoms with Crippen molar-refractivity contribution in [1.82, 2.24) is 14.8 Å². The average molecular weight is 513 g/mol. The number of carbonyl (C=O) groups is 1. The Labute approximate surface area is 222 Å². The molecule has 1 unspecified atom stereocenters. The number of benzene rings is 3. The molecule has 0 saturated carbocycles.